The summed E-state index contributed by atoms with van der Waals surface area (Å²) in [5.41, 5.74) is 0.817. The lowest BCUT2D eigenvalue weighted by molar-refractivity contribution is -0.147. The van der Waals surface area contributed by atoms with E-state index in [2.05, 4.69) is 4.98 Å². The number of para-hydroxylation sites is 1. The number of ether oxygens (including phenoxy) is 1. The molecule has 0 aliphatic carbocycles. The molecule has 0 radical (unpaired) electrons. The minimum absolute atomic E-state index is 0.174. The second-order valence-electron chi connectivity index (χ2n) is 4.90. The van der Waals surface area contributed by atoms with Crippen LogP contribution in [-0.2, 0) is 9.53 Å². The third-order valence-electron chi connectivity index (χ3n) is 3.55. The fourth-order valence-electron chi connectivity index (χ4n) is 2.58. The molecule has 6 heteroatoms. The fraction of sp³-hybridized carbons (Fsp3) is 0.400. The Balaban J connectivity index is 1.85. The number of likely N-dealkylation sites (tertiary alicyclic amines) is 1. The van der Waals surface area contributed by atoms with E-state index in [4.69, 9.17) is 4.74 Å². The molecule has 21 heavy (non-hydrogen) atoms. The average Bonchev–Trinajstić information content (AvgIpc) is 3.13. The van der Waals surface area contributed by atoms with Crippen LogP contribution in [0, 0.1) is 0 Å². The van der Waals surface area contributed by atoms with E-state index in [1.54, 1.807) is 11.8 Å². The summed E-state index contributed by atoms with van der Waals surface area (Å²) in [6.07, 6.45) is 1.48. The summed E-state index contributed by atoms with van der Waals surface area (Å²) in [4.78, 5) is 30.5. The van der Waals surface area contributed by atoms with Gasteiger partial charge < -0.3 is 9.64 Å². The van der Waals surface area contributed by atoms with Gasteiger partial charge in [-0.1, -0.05) is 12.1 Å². The molecule has 1 aliphatic rings. The zero-order valence-corrected chi connectivity index (χ0v) is 12.6. The highest BCUT2D eigenvalue weighted by Gasteiger charge is 2.36. The summed E-state index contributed by atoms with van der Waals surface area (Å²) in [5.74, 6) is -0.490. The Hall–Kier alpha value is -1.95. The molecule has 1 fully saturated rings. The van der Waals surface area contributed by atoms with Crippen LogP contribution in [0.1, 0.15) is 29.6 Å². The lowest BCUT2D eigenvalue weighted by Gasteiger charge is -2.21. The summed E-state index contributed by atoms with van der Waals surface area (Å²) in [7, 11) is 0. The number of benzene rings is 1. The standard InChI is InChI=1S/C15H16N2O3S/c1-2-20-15(19)11-7-5-9-17(11)14(18)13-16-10-6-3-4-8-12(10)21-13/h3-4,6,8,11H,2,5,7,9H2,1H3/t11-/m1/s1. The molecule has 1 saturated heterocycles. The topological polar surface area (TPSA) is 59.5 Å². The summed E-state index contributed by atoms with van der Waals surface area (Å²) >= 11 is 1.36. The van der Waals surface area contributed by atoms with Crippen molar-refractivity contribution in [3.63, 3.8) is 0 Å². The number of hydrogen-bond acceptors (Lipinski definition) is 5. The number of thiazole rings is 1. The van der Waals surface area contributed by atoms with E-state index < -0.39 is 6.04 Å². The zero-order chi connectivity index (χ0) is 14.8. The van der Waals surface area contributed by atoms with Gasteiger partial charge in [-0.3, -0.25) is 4.79 Å². The Bertz CT molecular complexity index is 649. The molecule has 3 rings (SSSR count). The molecule has 0 unspecified atom stereocenters. The molecule has 2 aromatic rings. The smallest absolute Gasteiger partial charge is 0.328 e. The van der Waals surface area contributed by atoms with Gasteiger partial charge in [0.2, 0.25) is 0 Å². The first-order valence-corrected chi connectivity index (χ1v) is 7.85. The number of carbonyl (C=O) groups is 2. The highest BCUT2D eigenvalue weighted by Crippen LogP contribution is 2.26. The van der Waals surface area contributed by atoms with Gasteiger partial charge in [0, 0.05) is 6.54 Å². The van der Waals surface area contributed by atoms with E-state index in [0.717, 1.165) is 16.6 Å². The van der Waals surface area contributed by atoms with Crippen molar-refractivity contribution in [3.05, 3.63) is 29.3 Å². The monoisotopic (exact) mass is 304 g/mol. The van der Waals surface area contributed by atoms with Crippen molar-refractivity contribution in [1.82, 2.24) is 9.88 Å². The minimum Gasteiger partial charge on any atom is -0.464 e. The van der Waals surface area contributed by atoms with E-state index in [-0.39, 0.29) is 11.9 Å². The molecule has 0 N–H and O–H groups in total. The molecule has 1 atom stereocenters. The number of rotatable bonds is 3. The third-order valence-corrected chi connectivity index (χ3v) is 4.57. The van der Waals surface area contributed by atoms with Crippen molar-refractivity contribution in [3.8, 4) is 0 Å². The molecule has 0 spiro atoms. The second kappa shape index (κ2) is 5.81. The Labute approximate surface area is 126 Å². The maximum Gasteiger partial charge on any atom is 0.328 e. The van der Waals surface area contributed by atoms with Crippen LogP contribution in [0.4, 0.5) is 0 Å². The molecule has 110 valence electrons. The van der Waals surface area contributed by atoms with Gasteiger partial charge in [-0.2, -0.15) is 0 Å². The summed E-state index contributed by atoms with van der Waals surface area (Å²) in [6.45, 7) is 2.68. The van der Waals surface area contributed by atoms with Crippen molar-refractivity contribution in [2.75, 3.05) is 13.2 Å². The van der Waals surface area contributed by atoms with Crippen LogP contribution >= 0.6 is 11.3 Å². The maximum absolute atomic E-state index is 12.6. The first kappa shape index (κ1) is 14.0. The van der Waals surface area contributed by atoms with Crippen molar-refractivity contribution in [1.29, 1.82) is 0 Å². The van der Waals surface area contributed by atoms with Gasteiger partial charge in [0.1, 0.15) is 6.04 Å². The Kier molecular flexibility index (Phi) is 3.88. The van der Waals surface area contributed by atoms with E-state index >= 15 is 0 Å². The predicted octanol–water partition coefficient (Wildman–Crippen LogP) is 2.46. The first-order valence-electron chi connectivity index (χ1n) is 7.04. The van der Waals surface area contributed by atoms with Crippen molar-refractivity contribution in [2.24, 2.45) is 0 Å². The van der Waals surface area contributed by atoms with Gasteiger partial charge in [-0.25, -0.2) is 9.78 Å². The number of fused-ring (bicyclic) bond motifs is 1. The van der Waals surface area contributed by atoms with Crippen LogP contribution in [0.5, 0.6) is 0 Å². The second-order valence-corrected chi connectivity index (χ2v) is 5.93. The average molecular weight is 304 g/mol. The van der Waals surface area contributed by atoms with Gasteiger partial charge in [0.15, 0.2) is 5.01 Å². The summed E-state index contributed by atoms with van der Waals surface area (Å²) in [5, 5.41) is 0.437. The SMILES string of the molecule is CCOC(=O)[C@H]1CCCN1C(=O)c1nc2ccccc2s1. The first-order chi connectivity index (χ1) is 10.2. The summed E-state index contributed by atoms with van der Waals surface area (Å²) in [6, 6.07) is 7.18. The molecular formula is C15H16N2O3S. The lowest BCUT2D eigenvalue weighted by atomic mass is 10.2. The largest absolute Gasteiger partial charge is 0.464 e. The van der Waals surface area contributed by atoms with Gasteiger partial charge in [-0.05, 0) is 31.9 Å². The highest BCUT2D eigenvalue weighted by molar-refractivity contribution is 7.20. The van der Waals surface area contributed by atoms with Crippen LogP contribution in [-0.4, -0.2) is 41.0 Å². The molecule has 1 amide bonds. The normalized spacial score (nSPS) is 18.1. The molecule has 1 aromatic carbocycles. The van der Waals surface area contributed by atoms with Crippen LogP contribution in [0.2, 0.25) is 0 Å². The molecule has 0 bridgehead atoms. The van der Waals surface area contributed by atoms with Crippen LogP contribution in [0.3, 0.4) is 0 Å². The highest BCUT2D eigenvalue weighted by atomic mass is 32.1. The number of nitrogens with zero attached hydrogens (tertiary/aromatic N) is 2. The van der Waals surface area contributed by atoms with Gasteiger partial charge in [0.25, 0.3) is 5.91 Å². The predicted molar refractivity (Wildman–Crippen MR) is 80.3 cm³/mol. The number of hydrogen-bond donors (Lipinski definition) is 0. The van der Waals surface area contributed by atoms with E-state index in [1.165, 1.54) is 11.3 Å². The number of carbonyl (C=O) groups excluding carboxylic acids is 2. The van der Waals surface area contributed by atoms with Gasteiger partial charge >= 0.3 is 5.97 Å². The van der Waals surface area contributed by atoms with Gasteiger partial charge in [-0.15, -0.1) is 11.3 Å². The Morgan fingerprint density at radius 3 is 3.00 bits per heavy atom. The zero-order valence-electron chi connectivity index (χ0n) is 11.7. The quantitative estimate of drug-likeness (QED) is 0.817. The van der Waals surface area contributed by atoms with Crippen LogP contribution in [0.25, 0.3) is 10.2 Å². The fourth-order valence-corrected chi connectivity index (χ4v) is 3.50. The number of amides is 1. The van der Waals surface area contributed by atoms with Crippen molar-refractivity contribution < 1.29 is 14.3 Å². The number of aromatic nitrogens is 1. The van der Waals surface area contributed by atoms with Crippen molar-refractivity contribution >= 4 is 33.4 Å². The lowest BCUT2D eigenvalue weighted by Crippen LogP contribution is -2.41. The van der Waals surface area contributed by atoms with E-state index in [1.807, 2.05) is 24.3 Å². The molecule has 2 heterocycles. The minimum atomic E-state index is -0.468. The number of esters is 1. The van der Waals surface area contributed by atoms with Crippen LogP contribution < -0.4 is 0 Å². The summed E-state index contributed by atoms with van der Waals surface area (Å²) < 4.78 is 6.03. The maximum atomic E-state index is 12.6. The molecule has 0 saturated carbocycles. The molecule has 5 nitrogen and oxygen atoms in total. The molecule has 1 aliphatic heterocycles. The van der Waals surface area contributed by atoms with Gasteiger partial charge in [0.05, 0.1) is 16.8 Å². The molecule has 1 aromatic heterocycles. The van der Waals surface area contributed by atoms with Crippen LogP contribution in [0.15, 0.2) is 24.3 Å². The Morgan fingerprint density at radius 2 is 2.24 bits per heavy atom. The Morgan fingerprint density at radius 1 is 1.43 bits per heavy atom. The van der Waals surface area contributed by atoms with Crippen molar-refractivity contribution in [2.45, 2.75) is 25.8 Å². The van der Waals surface area contributed by atoms with E-state index in [9.17, 15) is 9.59 Å². The third kappa shape index (κ3) is 2.63. The molecular weight excluding hydrogens is 288 g/mol. The van der Waals surface area contributed by atoms with E-state index in [0.29, 0.717) is 24.6 Å².